The van der Waals surface area contributed by atoms with Crippen LogP contribution >= 0.6 is 23.1 Å². The molecule has 2 N–H and O–H groups in total. The van der Waals surface area contributed by atoms with Gasteiger partial charge in [0.25, 0.3) is 5.91 Å². The average Bonchev–Trinajstić information content (AvgIpc) is 3.15. The van der Waals surface area contributed by atoms with Crippen molar-refractivity contribution in [2.45, 2.75) is 11.3 Å². The third kappa shape index (κ3) is 5.38. The summed E-state index contributed by atoms with van der Waals surface area (Å²) in [5.74, 6) is 0.107. The molecule has 2 aromatic carbocycles. The number of Topliss-reactive ketones (excluding diaryl/α,β-unsaturated/α-hetero) is 1. The first-order valence-electron chi connectivity index (χ1n) is 8.35. The minimum absolute atomic E-state index is 0.00105. The molecule has 1 amide bonds. The van der Waals surface area contributed by atoms with Crippen LogP contribution in [0.3, 0.4) is 0 Å². The van der Waals surface area contributed by atoms with Gasteiger partial charge in [0.15, 0.2) is 10.1 Å². The minimum atomic E-state index is -0.182. The lowest BCUT2D eigenvalue weighted by molar-refractivity contribution is 0.101. The van der Waals surface area contributed by atoms with Crippen molar-refractivity contribution in [2.75, 3.05) is 22.9 Å². The normalized spacial score (nSPS) is 10.4. The fourth-order valence-electron chi connectivity index (χ4n) is 2.23. The van der Waals surface area contributed by atoms with E-state index in [0.29, 0.717) is 16.8 Å². The highest BCUT2D eigenvalue weighted by molar-refractivity contribution is 8.01. The van der Waals surface area contributed by atoms with Crippen LogP contribution in [-0.4, -0.2) is 34.2 Å². The van der Waals surface area contributed by atoms with Crippen molar-refractivity contribution < 1.29 is 9.59 Å². The number of carbonyl (C=O) groups excluding carboxylic acids is 2. The van der Waals surface area contributed by atoms with Gasteiger partial charge in [-0.1, -0.05) is 41.3 Å². The molecule has 0 bridgehead atoms. The summed E-state index contributed by atoms with van der Waals surface area (Å²) in [4.78, 5) is 24.5. The van der Waals surface area contributed by atoms with Gasteiger partial charge in [0.2, 0.25) is 5.13 Å². The Balaban J connectivity index is 1.54. The number of rotatable bonds is 8. The second kappa shape index (κ2) is 9.29. The van der Waals surface area contributed by atoms with Crippen LogP contribution in [0.1, 0.15) is 27.6 Å². The molecule has 0 aliphatic rings. The first-order chi connectivity index (χ1) is 13.2. The Labute approximate surface area is 165 Å². The van der Waals surface area contributed by atoms with Gasteiger partial charge in [0, 0.05) is 23.4 Å². The second-order valence-electron chi connectivity index (χ2n) is 5.51. The van der Waals surface area contributed by atoms with Gasteiger partial charge in [-0.3, -0.25) is 9.59 Å². The Kier molecular flexibility index (Phi) is 6.56. The Morgan fingerprint density at radius 2 is 1.74 bits per heavy atom. The van der Waals surface area contributed by atoms with Crippen LogP contribution in [-0.2, 0) is 0 Å². The molecular formula is C19H18N4O2S2. The highest BCUT2D eigenvalue weighted by Gasteiger charge is 2.11. The predicted octanol–water partition coefficient (Wildman–Crippen LogP) is 4.20. The van der Waals surface area contributed by atoms with Gasteiger partial charge in [-0.25, -0.2) is 0 Å². The third-order valence-corrected chi connectivity index (χ3v) is 5.58. The SMILES string of the molecule is CCNc1nnc(SCC(=O)c2ccc(NC(=O)c3ccccc3)cc2)s1. The maximum Gasteiger partial charge on any atom is 0.255 e. The first kappa shape index (κ1) is 19.1. The molecule has 0 atom stereocenters. The van der Waals surface area contributed by atoms with Crippen LogP contribution < -0.4 is 10.6 Å². The fourth-order valence-corrected chi connectivity index (χ4v) is 3.95. The van der Waals surface area contributed by atoms with Crippen LogP contribution in [0.2, 0.25) is 0 Å². The van der Waals surface area contributed by atoms with Crippen molar-refractivity contribution in [2.24, 2.45) is 0 Å². The zero-order valence-electron chi connectivity index (χ0n) is 14.6. The van der Waals surface area contributed by atoms with Crippen molar-refractivity contribution in [1.29, 1.82) is 0 Å². The Morgan fingerprint density at radius 3 is 2.44 bits per heavy atom. The summed E-state index contributed by atoms with van der Waals surface area (Å²) in [5, 5.41) is 14.7. The molecule has 138 valence electrons. The molecule has 0 unspecified atom stereocenters. The molecule has 0 spiro atoms. The van der Waals surface area contributed by atoms with Crippen LogP contribution in [0, 0.1) is 0 Å². The molecule has 0 fully saturated rings. The number of benzene rings is 2. The van der Waals surface area contributed by atoms with E-state index in [2.05, 4.69) is 20.8 Å². The van der Waals surface area contributed by atoms with Gasteiger partial charge < -0.3 is 10.6 Å². The topological polar surface area (TPSA) is 84.0 Å². The van der Waals surface area contributed by atoms with E-state index in [1.54, 1.807) is 36.4 Å². The summed E-state index contributed by atoms with van der Waals surface area (Å²) in [6.07, 6.45) is 0. The van der Waals surface area contributed by atoms with Gasteiger partial charge in [-0.2, -0.15) is 0 Å². The molecule has 0 radical (unpaired) electrons. The van der Waals surface area contributed by atoms with Crippen molar-refractivity contribution >= 4 is 45.6 Å². The number of amides is 1. The largest absolute Gasteiger partial charge is 0.360 e. The Hall–Kier alpha value is -2.71. The quantitative estimate of drug-likeness (QED) is 0.437. The highest BCUT2D eigenvalue weighted by Crippen LogP contribution is 2.26. The minimum Gasteiger partial charge on any atom is -0.360 e. The molecule has 1 heterocycles. The maximum atomic E-state index is 12.3. The van der Waals surface area contributed by atoms with Gasteiger partial charge >= 0.3 is 0 Å². The molecule has 0 aliphatic carbocycles. The molecular weight excluding hydrogens is 380 g/mol. The van der Waals surface area contributed by atoms with Crippen LogP contribution in [0.15, 0.2) is 58.9 Å². The number of nitrogens with zero attached hydrogens (tertiary/aromatic N) is 2. The van der Waals surface area contributed by atoms with Gasteiger partial charge in [0.05, 0.1) is 5.75 Å². The first-order valence-corrected chi connectivity index (χ1v) is 10.2. The molecule has 27 heavy (non-hydrogen) atoms. The van der Waals surface area contributed by atoms with E-state index in [9.17, 15) is 9.59 Å². The second-order valence-corrected chi connectivity index (χ2v) is 7.71. The van der Waals surface area contributed by atoms with Gasteiger partial charge in [0.1, 0.15) is 0 Å². The fraction of sp³-hybridized carbons (Fsp3) is 0.158. The van der Waals surface area contributed by atoms with Crippen molar-refractivity contribution in [3.63, 3.8) is 0 Å². The van der Waals surface area contributed by atoms with E-state index < -0.39 is 0 Å². The standard InChI is InChI=1S/C19H18N4O2S2/c1-2-20-18-22-23-19(27-18)26-12-16(24)13-8-10-15(11-9-13)21-17(25)14-6-4-3-5-7-14/h3-11H,2,12H2,1H3,(H,20,22)(H,21,25). The van der Waals surface area contributed by atoms with Crippen molar-refractivity contribution in [3.8, 4) is 0 Å². The molecule has 0 saturated heterocycles. The number of ketones is 1. The molecule has 3 aromatic rings. The molecule has 1 aromatic heterocycles. The lowest BCUT2D eigenvalue weighted by Gasteiger charge is -2.06. The van der Waals surface area contributed by atoms with E-state index in [-0.39, 0.29) is 17.4 Å². The number of thioether (sulfide) groups is 1. The van der Waals surface area contributed by atoms with E-state index in [1.165, 1.54) is 23.1 Å². The lowest BCUT2D eigenvalue weighted by Crippen LogP contribution is -2.11. The number of nitrogens with one attached hydrogen (secondary N) is 2. The molecule has 0 saturated carbocycles. The summed E-state index contributed by atoms with van der Waals surface area (Å²) in [6, 6.07) is 15.9. The zero-order chi connectivity index (χ0) is 19.1. The van der Waals surface area contributed by atoms with E-state index in [4.69, 9.17) is 0 Å². The summed E-state index contributed by atoms with van der Waals surface area (Å²) in [5.41, 5.74) is 1.83. The van der Waals surface area contributed by atoms with Crippen molar-refractivity contribution in [3.05, 3.63) is 65.7 Å². The van der Waals surface area contributed by atoms with E-state index in [1.807, 2.05) is 25.1 Å². The highest BCUT2D eigenvalue weighted by atomic mass is 32.2. The summed E-state index contributed by atoms with van der Waals surface area (Å²) < 4.78 is 0.756. The molecule has 6 nitrogen and oxygen atoms in total. The average molecular weight is 399 g/mol. The van der Waals surface area contributed by atoms with E-state index >= 15 is 0 Å². The molecule has 3 rings (SSSR count). The summed E-state index contributed by atoms with van der Waals surface area (Å²) in [7, 11) is 0. The number of carbonyl (C=O) groups is 2. The zero-order valence-corrected chi connectivity index (χ0v) is 16.3. The lowest BCUT2D eigenvalue weighted by atomic mass is 10.1. The maximum absolute atomic E-state index is 12.3. The summed E-state index contributed by atoms with van der Waals surface area (Å²) >= 11 is 2.80. The number of hydrogen-bond donors (Lipinski definition) is 2. The molecule has 8 heteroatoms. The van der Waals surface area contributed by atoms with Crippen LogP contribution in [0.25, 0.3) is 0 Å². The smallest absolute Gasteiger partial charge is 0.255 e. The van der Waals surface area contributed by atoms with Crippen LogP contribution in [0.4, 0.5) is 10.8 Å². The third-order valence-electron chi connectivity index (χ3n) is 3.56. The summed E-state index contributed by atoms with van der Waals surface area (Å²) in [6.45, 7) is 2.77. The monoisotopic (exact) mass is 398 g/mol. The number of aromatic nitrogens is 2. The van der Waals surface area contributed by atoms with Crippen molar-refractivity contribution in [1.82, 2.24) is 10.2 Å². The molecule has 0 aliphatic heterocycles. The van der Waals surface area contributed by atoms with Gasteiger partial charge in [-0.05, 0) is 43.3 Å². The Morgan fingerprint density at radius 1 is 1.00 bits per heavy atom. The van der Waals surface area contributed by atoms with E-state index in [0.717, 1.165) is 16.0 Å². The van der Waals surface area contributed by atoms with Gasteiger partial charge in [-0.15, -0.1) is 10.2 Å². The Bertz CT molecular complexity index is 911. The number of hydrogen-bond acceptors (Lipinski definition) is 7. The predicted molar refractivity (Wildman–Crippen MR) is 110 cm³/mol. The van der Waals surface area contributed by atoms with Crippen LogP contribution in [0.5, 0.6) is 0 Å². The number of anilines is 2.